The Bertz CT molecular complexity index is 572. The number of unbranched alkanes of at least 4 members (excludes halogenated alkanes) is 2. The second-order valence-electron chi connectivity index (χ2n) is 5.33. The van der Waals surface area contributed by atoms with E-state index < -0.39 is 12.0 Å². The third kappa shape index (κ3) is 6.43. The number of para-hydroxylation sites is 2. The molecule has 122 valence electrons. The van der Waals surface area contributed by atoms with E-state index in [2.05, 4.69) is 0 Å². The maximum absolute atomic E-state index is 11.5. The Balaban J connectivity index is 1.64. The van der Waals surface area contributed by atoms with Crippen LogP contribution in [0.3, 0.4) is 0 Å². The summed E-state index contributed by atoms with van der Waals surface area (Å²) in [5, 5.41) is 0. The van der Waals surface area contributed by atoms with Crippen molar-refractivity contribution < 1.29 is 14.3 Å². The van der Waals surface area contributed by atoms with Gasteiger partial charge >= 0.3 is 0 Å². The number of primary amides is 1. The van der Waals surface area contributed by atoms with Crippen LogP contribution >= 0.6 is 0 Å². The molecule has 0 saturated heterocycles. The molecule has 23 heavy (non-hydrogen) atoms. The largest absolute Gasteiger partial charge is 0.494 e. The van der Waals surface area contributed by atoms with E-state index in [4.69, 9.17) is 15.2 Å². The van der Waals surface area contributed by atoms with E-state index in [1.54, 1.807) is 0 Å². The van der Waals surface area contributed by atoms with Crippen molar-refractivity contribution in [3.05, 3.63) is 60.7 Å². The van der Waals surface area contributed by atoms with Crippen LogP contribution in [0.2, 0.25) is 0 Å². The third-order valence-corrected chi connectivity index (χ3v) is 3.46. The maximum Gasteiger partial charge on any atom is 0.258 e. The molecule has 0 fully saturated rings. The highest BCUT2D eigenvalue weighted by atomic mass is 16.5. The molecule has 1 unspecified atom stereocenters. The lowest BCUT2D eigenvalue weighted by molar-refractivity contribution is -0.125. The summed E-state index contributed by atoms with van der Waals surface area (Å²) in [6.45, 7) is 0.671. The molecule has 0 radical (unpaired) electrons. The van der Waals surface area contributed by atoms with Crippen LogP contribution in [0.25, 0.3) is 0 Å². The fraction of sp³-hybridized carbons (Fsp3) is 0.316. The molecule has 0 heterocycles. The second-order valence-corrected chi connectivity index (χ2v) is 5.33. The van der Waals surface area contributed by atoms with Gasteiger partial charge in [-0.1, -0.05) is 36.4 Å². The highest BCUT2D eigenvalue weighted by Crippen LogP contribution is 2.15. The summed E-state index contributed by atoms with van der Waals surface area (Å²) in [5.74, 6) is 1.13. The van der Waals surface area contributed by atoms with Gasteiger partial charge in [0.15, 0.2) is 6.10 Å². The van der Waals surface area contributed by atoms with Crippen molar-refractivity contribution in [2.24, 2.45) is 5.73 Å². The second kappa shape index (κ2) is 9.51. The van der Waals surface area contributed by atoms with Crippen molar-refractivity contribution >= 4 is 5.91 Å². The van der Waals surface area contributed by atoms with E-state index in [1.165, 1.54) is 0 Å². The minimum atomic E-state index is -0.576. The Labute approximate surface area is 137 Å². The average Bonchev–Trinajstić information content (AvgIpc) is 2.58. The lowest BCUT2D eigenvalue weighted by Crippen LogP contribution is -2.33. The molecule has 4 heteroatoms. The standard InChI is InChI=1S/C19H23NO3/c20-19(21)18(23-17-12-6-2-7-13-17)14-8-3-9-15-22-16-10-4-1-5-11-16/h1-2,4-7,10-13,18H,3,8-9,14-15H2,(H2,20,21). The normalized spacial score (nSPS) is 11.7. The number of rotatable bonds is 10. The minimum absolute atomic E-state index is 0.422. The van der Waals surface area contributed by atoms with Crippen LogP contribution in [-0.4, -0.2) is 18.6 Å². The molecule has 0 bridgehead atoms. The first-order valence-electron chi connectivity index (χ1n) is 7.94. The Kier molecular flexibility index (Phi) is 6.98. The molecule has 0 spiro atoms. The highest BCUT2D eigenvalue weighted by Gasteiger charge is 2.16. The number of carbonyl (C=O) groups is 1. The molecule has 2 aromatic rings. The molecule has 2 aromatic carbocycles. The Morgan fingerprint density at radius 1 is 0.870 bits per heavy atom. The summed E-state index contributed by atoms with van der Waals surface area (Å²) in [4.78, 5) is 11.5. The summed E-state index contributed by atoms with van der Waals surface area (Å²) in [6, 6.07) is 19.0. The van der Waals surface area contributed by atoms with E-state index in [9.17, 15) is 4.79 Å². The number of ether oxygens (including phenoxy) is 2. The number of amides is 1. The zero-order valence-corrected chi connectivity index (χ0v) is 13.2. The Morgan fingerprint density at radius 3 is 2.09 bits per heavy atom. The number of hydrogen-bond acceptors (Lipinski definition) is 3. The van der Waals surface area contributed by atoms with Crippen molar-refractivity contribution in [3.8, 4) is 11.5 Å². The van der Waals surface area contributed by atoms with Gasteiger partial charge in [0.05, 0.1) is 6.61 Å². The zero-order chi connectivity index (χ0) is 16.3. The molecular weight excluding hydrogens is 290 g/mol. The van der Waals surface area contributed by atoms with Crippen LogP contribution in [0.1, 0.15) is 25.7 Å². The summed E-state index contributed by atoms with van der Waals surface area (Å²) in [7, 11) is 0. The van der Waals surface area contributed by atoms with Gasteiger partial charge in [-0.3, -0.25) is 4.79 Å². The molecule has 1 atom stereocenters. The van der Waals surface area contributed by atoms with Crippen LogP contribution in [-0.2, 0) is 4.79 Å². The van der Waals surface area contributed by atoms with E-state index in [0.717, 1.165) is 25.0 Å². The molecule has 1 amide bonds. The van der Waals surface area contributed by atoms with Gasteiger partial charge in [0, 0.05) is 0 Å². The third-order valence-electron chi connectivity index (χ3n) is 3.46. The van der Waals surface area contributed by atoms with Gasteiger partial charge in [-0.25, -0.2) is 0 Å². The van der Waals surface area contributed by atoms with E-state index in [1.807, 2.05) is 60.7 Å². The van der Waals surface area contributed by atoms with Crippen molar-refractivity contribution in [2.75, 3.05) is 6.61 Å². The fourth-order valence-corrected chi connectivity index (χ4v) is 2.24. The lowest BCUT2D eigenvalue weighted by Gasteiger charge is -2.16. The first-order chi connectivity index (χ1) is 11.3. The molecule has 4 nitrogen and oxygen atoms in total. The minimum Gasteiger partial charge on any atom is -0.494 e. The molecule has 2 rings (SSSR count). The van der Waals surface area contributed by atoms with E-state index in [-0.39, 0.29) is 0 Å². The number of hydrogen-bond donors (Lipinski definition) is 1. The predicted octanol–water partition coefficient (Wildman–Crippen LogP) is 3.56. The lowest BCUT2D eigenvalue weighted by atomic mass is 10.1. The SMILES string of the molecule is NC(=O)C(CCCCCOc1ccccc1)Oc1ccccc1. The van der Waals surface area contributed by atoms with Crippen molar-refractivity contribution in [3.63, 3.8) is 0 Å². The van der Waals surface area contributed by atoms with Gasteiger partial charge < -0.3 is 15.2 Å². The molecule has 0 aliphatic heterocycles. The number of benzene rings is 2. The van der Waals surface area contributed by atoms with Gasteiger partial charge in [0.2, 0.25) is 0 Å². The van der Waals surface area contributed by atoms with Crippen LogP contribution < -0.4 is 15.2 Å². The highest BCUT2D eigenvalue weighted by molar-refractivity contribution is 5.79. The Hall–Kier alpha value is -2.49. The maximum atomic E-state index is 11.5. The van der Waals surface area contributed by atoms with Gasteiger partial charge in [0.1, 0.15) is 11.5 Å². The molecular formula is C19H23NO3. The van der Waals surface area contributed by atoms with Crippen LogP contribution in [0.5, 0.6) is 11.5 Å². The van der Waals surface area contributed by atoms with Crippen molar-refractivity contribution in [1.82, 2.24) is 0 Å². The first-order valence-corrected chi connectivity index (χ1v) is 7.94. The zero-order valence-electron chi connectivity index (χ0n) is 13.2. The first kappa shape index (κ1) is 16.9. The monoisotopic (exact) mass is 313 g/mol. The van der Waals surface area contributed by atoms with Crippen molar-refractivity contribution in [1.29, 1.82) is 0 Å². The summed E-state index contributed by atoms with van der Waals surface area (Å²) < 4.78 is 11.3. The van der Waals surface area contributed by atoms with Gasteiger partial charge in [-0.2, -0.15) is 0 Å². The van der Waals surface area contributed by atoms with Crippen LogP contribution in [0, 0.1) is 0 Å². The molecule has 0 aliphatic rings. The van der Waals surface area contributed by atoms with Crippen LogP contribution in [0.4, 0.5) is 0 Å². The Morgan fingerprint density at radius 2 is 1.48 bits per heavy atom. The smallest absolute Gasteiger partial charge is 0.258 e. The molecule has 0 saturated carbocycles. The van der Waals surface area contributed by atoms with E-state index in [0.29, 0.717) is 18.8 Å². The van der Waals surface area contributed by atoms with E-state index >= 15 is 0 Å². The summed E-state index contributed by atoms with van der Waals surface area (Å²) in [5.41, 5.74) is 5.41. The molecule has 0 aliphatic carbocycles. The van der Waals surface area contributed by atoms with Gasteiger partial charge in [-0.05, 0) is 49.9 Å². The number of carbonyl (C=O) groups excluding carboxylic acids is 1. The summed E-state index contributed by atoms with van der Waals surface area (Å²) >= 11 is 0. The fourth-order valence-electron chi connectivity index (χ4n) is 2.24. The van der Waals surface area contributed by atoms with Crippen LogP contribution in [0.15, 0.2) is 60.7 Å². The van der Waals surface area contributed by atoms with Crippen molar-refractivity contribution in [2.45, 2.75) is 31.8 Å². The summed E-state index contributed by atoms with van der Waals surface area (Å²) in [6.07, 6.45) is 2.82. The van der Waals surface area contributed by atoms with Gasteiger partial charge in [0.25, 0.3) is 5.91 Å². The average molecular weight is 313 g/mol. The quantitative estimate of drug-likeness (QED) is 0.682. The molecule has 0 aromatic heterocycles. The number of nitrogens with two attached hydrogens (primary N) is 1. The topological polar surface area (TPSA) is 61.6 Å². The van der Waals surface area contributed by atoms with Gasteiger partial charge in [-0.15, -0.1) is 0 Å². The molecule has 2 N–H and O–H groups in total. The predicted molar refractivity (Wildman–Crippen MR) is 90.5 cm³/mol.